The number of hydrogen-bond acceptors (Lipinski definition) is 5. The van der Waals surface area contributed by atoms with Crippen LogP contribution in [0.25, 0.3) is 0 Å². The molecule has 0 saturated carbocycles. The summed E-state index contributed by atoms with van der Waals surface area (Å²) >= 11 is 12.0. The Morgan fingerprint density at radius 3 is 2.61 bits per heavy atom. The number of aromatic amines is 1. The standard InChI is InChI=1S/C21H17Cl2N5O3/c1-10-14(23)3-2-4-15(10)25-19(30)13-9-16(29)26-18-17(13)20(31)28-21(27-18)24-12-7-5-11(22)6-8-12/h2-8,13H,9H2,1H3,(H,25,30)(H3,24,26,27,28,29,31)/t13-/m0/s1. The fraction of sp³-hybridized carbons (Fsp3) is 0.143. The van der Waals surface area contributed by atoms with E-state index in [0.29, 0.717) is 27.0 Å². The van der Waals surface area contributed by atoms with E-state index >= 15 is 0 Å². The first-order chi connectivity index (χ1) is 14.8. The van der Waals surface area contributed by atoms with Gasteiger partial charge >= 0.3 is 0 Å². The van der Waals surface area contributed by atoms with Crippen molar-refractivity contribution < 1.29 is 9.59 Å². The molecule has 8 nitrogen and oxygen atoms in total. The number of fused-ring (bicyclic) bond motifs is 1. The lowest BCUT2D eigenvalue weighted by atomic mass is 9.92. The minimum Gasteiger partial charge on any atom is -0.326 e. The molecule has 0 aliphatic carbocycles. The summed E-state index contributed by atoms with van der Waals surface area (Å²) in [6.45, 7) is 1.77. The quantitative estimate of drug-likeness (QED) is 0.468. The minimum atomic E-state index is -0.997. The third-order valence-electron chi connectivity index (χ3n) is 4.90. The Labute approximate surface area is 187 Å². The van der Waals surface area contributed by atoms with Crippen molar-refractivity contribution in [2.75, 3.05) is 16.0 Å². The van der Waals surface area contributed by atoms with Crippen LogP contribution in [0.3, 0.4) is 0 Å². The zero-order valence-corrected chi connectivity index (χ0v) is 17.8. The maximum Gasteiger partial charge on any atom is 0.258 e. The molecular weight excluding hydrogens is 441 g/mol. The Morgan fingerprint density at radius 1 is 1.13 bits per heavy atom. The maximum atomic E-state index is 13.0. The normalized spacial score (nSPS) is 15.1. The number of carbonyl (C=O) groups excluding carboxylic acids is 2. The number of aromatic nitrogens is 2. The van der Waals surface area contributed by atoms with E-state index < -0.39 is 23.3 Å². The van der Waals surface area contributed by atoms with Crippen LogP contribution in [0.5, 0.6) is 0 Å². The first kappa shape index (κ1) is 20.9. The summed E-state index contributed by atoms with van der Waals surface area (Å²) in [6.07, 6.45) is -0.173. The fourth-order valence-electron chi connectivity index (χ4n) is 3.29. The number of halogens is 2. The maximum absolute atomic E-state index is 13.0. The Balaban J connectivity index is 1.65. The molecule has 1 aliphatic heterocycles. The van der Waals surface area contributed by atoms with E-state index in [4.69, 9.17) is 23.2 Å². The smallest absolute Gasteiger partial charge is 0.258 e. The van der Waals surface area contributed by atoms with Crippen molar-refractivity contribution in [3.8, 4) is 0 Å². The Bertz CT molecular complexity index is 1240. The van der Waals surface area contributed by atoms with Gasteiger partial charge in [0.05, 0.1) is 11.5 Å². The highest BCUT2D eigenvalue weighted by molar-refractivity contribution is 6.31. The summed E-state index contributed by atoms with van der Waals surface area (Å²) in [6, 6.07) is 11.9. The molecule has 4 rings (SSSR count). The topological polar surface area (TPSA) is 116 Å². The van der Waals surface area contributed by atoms with Crippen LogP contribution in [-0.4, -0.2) is 21.8 Å². The SMILES string of the molecule is Cc1c(Cl)cccc1NC(=O)[C@H]1CC(=O)Nc2nc(Nc3ccc(Cl)cc3)[nH]c(=O)c21. The van der Waals surface area contributed by atoms with Crippen LogP contribution in [0.1, 0.15) is 23.5 Å². The molecule has 31 heavy (non-hydrogen) atoms. The van der Waals surface area contributed by atoms with Crippen LogP contribution in [0.15, 0.2) is 47.3 Å². The van der Waals surface area contributed by atoms with Gasteiger partial charge in [-0.05, 0) is 48.9 Å². The lowest BCUT2D eigenvalue weighted by Gasteiger charge is -2.24. The van der Waals surface area contributed by atoms with Crippen LogP contribution in [0, 0.1) is 6.92 Å². The summed E-state index contributed by atoms with van der Waals surface area (Å²) in [7, 11) is 0. The van der Waals surface area contributed by atoms with Gasteiger partial charge in [-0.1, -0.05) is 29.3 Å². The van der Waals surface area contributed by atoms with Crippen molar-refractivity contribution in [2.24, 2.45) is 0 Å². The third-order valence-corrected chi connectivity index (χ3v) is 5.56. The highest BCUT2D eigenvalue weighted by Crippen LogP contribution is 2.31. The van der Waals surface area contributed by atoms with Gasteiger partial charge in [0.1, 0.15) is 5.82 Å². The highest BCUT2D eigenvalue weighted by Gasteiger charge is 2.35. The van der Waals surface area contributed by atoms with Crippen molar-refractivity contribution in [3.63, 3.8) is 0 Å². The Morgan fingerprint density at radius 2 is 1.87 bits per heavy atom. The molecule has 0 bridgehead atoms. The summed E-state index contributed by atoms with van der Waals surface area (Å²) in [5, 5.41) is 9.33. The molecule has 2 heterocycles. The van der Waals surface area contributed by atoms with Gasteiger partial charge < -0.3 is 16.0 Å². The molecule has 2 amide bonds. The van der Waals surface area contributed by atoms with E-state index in [0.717, 1.165) is 0 Å². The highest BCUT2D eigenvalue weighted by atomic mass is 35.5. The molecule has 1 aromatic heterocycles. The van der Waals surface area contributed by atoms with Crippen LogP contribution < -0.4 is 21.5 Å². The number of nitrogens with zero attached hydrogens (tertiary/aromatic N) is 1. The van der Waals surface area contributed by atoms with Gasteiger partial charge in [-0.2, -0.15) is 4.98 Å². The predicted octanol–water partition coefficient (Wildman–Crippen LogP) is 4.19. The van der Waals surface area contributed by atoms with Crippen LogP contribution in [-0.2, 0) is 9.59 Å². The van der Waals surface area contributed by atoms with Crippen LogP contribution >= 0.6 is 23.2 Å². The molecule has 0 radical (unpaired) electrons. The number of amides is 2. The van der Waals surface area contributed by atoms with E-state index in [1.54, 1.807) is 49.4 Å². The van der Waals surface area contributed by atoms with Gasteiger partial charge in [-0.15, -0.1) is 0 Å². The summed E-state index contributed by atoms with van der Waals surface area (Å²) in [5.74, 6) is -1.74. The second-order valence-electron chi connectivity index (χ2n) is 7.02. The molecule has 0 fully saturated rings. The second kappa shape index (κ2) is 8.41. The Hall–Kier alpha value is -3.36. The van der Waals surface area contributed by atoms with Gasteiger partial charge in [0.25, 0.3) is 5.56 Å². The molecule has 4 N–H and O–H groups in total. The Kier molecular flexibility index (Phi) is 5.67. The molecule has 0 saturated heterocycles. The molecule has 1 aliphatic rings. The molecule has 0 unspecified atom stereocenters. The zero-order chi connectivity index (χ0) is 22.1. The summed E-state index contributed by atoms with van der Waals surface area (Å²) in [4.78, 5) is 44.9. The van der Waals surface area contributed by atoms with Gasteiger partial charge in [-0.25, -0.2) is 0 Å². The monoisotopic (exact) mass is 457 g/mol. The van der Waals surface area contributed by atoms with E-state index in [-0.39, 0.29) is 23.8 Å². The minimum absolute atomic E-state index is 0.0411. The lowest BCUT2D eigenvalue weighted by molar-refractivity contribution is -0.123. The number of hydrogen-bond donors (Lipinski definition) is 4. The number of benzene rings is 2. The van der Waals surface area contributed by atoms with Gasteiger partial charge in [0, 0.05) is 27.8 Å². The number of anilines is 4. The molecule has 0 spiro atoms. The van der Waals surface area contributed by atoms with E-state index in [2.05, 4.69) is 25.9 Å². The lowest BCUT2D eigenvalue weighted by Crippen LogP contribution is -2.36. The molecule has 2 aromatic carbocycles. The summed E-state index contributed by atoms with van der Waals surface area (Å²) in [5.41, 5.74) is 1.41. The largest absolute Gasteiger partial charge is 0.326 e. The number of rotatable bonds is 4. The average molecular weight is 458 g/mol. The second-order valence-corrected chi connectivity index (χ2v) is 7.86. The number of carbonyl (C=O) groups is 2. The molecule has 10 heteroatoms. The first-order valence-electron chi connectivity index (χ1n) is 9.34. The van der Waals surface area contributed by atoms with Crippen molar-refractivity contribution in [1.82, 2.24) is 9.97 Å². The number of H-pyrrole nitrogens is 1. The van der Waals surface area contributed by atoms with Crippen molar-refractivity contribution >= 4 is 58.2 Å². The molecular formula is C21H17Cl2N5O3. The van der Waals surface area contributed by atoms with Crippen molar-refractivity contribution in [3.05, 3.63) is 74.0 Å². The van der Waals surface area contributed by atoms with Crippen LogP contribution in [0.2, 0.25) is 10.0 Å². The average Bonchev–Trinajstić information content (AvgIpc) is 2.72. The molecule has 3 aromatic rings. The molecule has 158 valence electrons. The summed E-state index contributed by atoms with van der Waals surface area (Å²) < 4.78 is 0. The van der Waals surface area contributed by atoms with Crippen molar-refractivity contribution in [1.29, 1.82) is 0 Å². The fourth-order valence-corrected chi connectivity index (χ4v) is 3.59. The van der Waals surface area contributed by atoms with Crippen LogP contribution in [0.4, 0.5) is 23.1 Å². The zero-order valence-electron chi connectivity index (χ0n) is 16.3. The van der Waals surface area contributed by atoms with E-state index in [1.807, 2.05) is 0 Å². The van der Waals surface area contributed by atoms with Gasteiger partial charge in [-0.3, -0.25) is 19.4 Å². The van der Waals surface area contributed by atoms with E-state index in [1.165, 1.54) is 0 Å². The number of nitrogens with one attached hydrogen (secondary N) is 4. The molecule has 1 atom stereocenters. The van der Waals surface area contributed by atoms with Gasteiger partial charge in [0.2, 0.25) is 17.8 Å². The first-order valence-corrected chi connectivity index (χ1v) is 10.1. The van der Waals surface area contributed by atoms with E-state index in [9.17, 15) is 14.4 Å². The van der Waals surface area contributed by atoms with Gasteiger partial charge in [0.15, 0.2) is 0 Å². The van der Waals surface area contributed by atoms with Crippen molar-refractivity contribution in [2.45, 2.75) is 19.3 Å². The third kappa shape index (κ3) is 4.40. The predicted molar refractivity (Wildman–Crippen MR) is 120 cm³/mol.